The highest BCUT2D eigenvalue weighted by molar-refractivity contribution is 4.80. The number of aliphatic hydroxyl groups is 2. The van der Waals surface area contributed by atoms with Gasteiger partial charge in [-0.2, -0.15) is 0 Å². The van der Waals surface area contributed by atoms with Crippen LogP contribution >= 0.6 is 0 Å². The molecule has 0 saturated carbocycles. The van der Waals surface area contributed by atoms with E-state index in [1.807, 2.05) is 0 Å². The first kappa shape index (κ1) is 11.7. The lowest BCUT2D eigenvalue weighted by Gasteiger charge is -2.11. The molecule has 2 N–H and O–H groups in total. The molecule has 2 atom stereocenters. The molecule has 0 bridgehead atoms. The maximum absolute atomic E-state index is 9.21. The molecule has 0 aromatic rings. The normalized spacial score (nSPS) is 16.7. The van der Waals surface area contributed by atoms with Gasteiger partial charge in [-0.1, -0.05) is 19.1 Å². The Kier molecular flexibility index (Phi) is 7.11. The molecule has 12 heavy (non-hydrogen) atoms. The molecule has 2 nitrogen and oxygen atoms in total. The lowest BCUT2D eigenvalue weighted by atomic mass is 10.1. The largest absolute Gasteiger partial charge is 0.391 e. The van der Waals surface area contributed by atoms with Gasteiger partial charge in [-0.3, -0.25) is 0 Å². The van der Waals surface area contributed by atoms with E-state index in [0.717, 1.165) is 19.3 Å². The fourth-order valence-corrected chi connectivity index (χ4v) is 0.971. The van der Waals surface area contributed by atoms with Crippen LogP contribution in [0.25, 0.3) is 0 Å². The molecule has 2 heteroatoms. The topological polar surface area (TPSA) is 40.5 Å². The van der Waals surface area contributed by atoms with Gasteiger partial charge in [0, 0.05) is 0 Å². The zero-order chi connectivity index (χ0) is 9.40. The Morgan fingerprint density at radius 1 is 1.25 bits per heavy atom. The van der Waals surface area contributed by atoms with E-state index in [0.29, 0.717) is 6.42 Å². The van der Waals surface area contributed by atoms with E-state index in [1.165, 1.54) is 0 Å². The quantitative estimate of drug-likeness (QED) is 0.474. The Labute approximate surface area is 74.9 Å². The fourth-order valence-electron chi connectivity index (χ4n) is 0.971. The van der Waals surface area contributed by atoms with Crippen molar-refractivity contribution < 1.29 is 10.2 Å². The van der Waals surface area contributed by atoms with Gasteiger partial charge in [-0.25, -0.2) is 0 Å². The fraction of sp³-hybridized carbons (Fsp3) is 0.800. The van der Waals surface area contributed by atoms with Crippen LogP contribution in [0.1, 0.15) is 39.5 Å². The first-order valence-corrected chi connectivity index (χ1v) is 4.69. The number of allylic oxidation sites excluding steroid dienone is 2. The average molecular weight is 172 g/mol. The smallest absolute Gasteiger partial charge is 0.0796 e. The van der Waals surface area contributed by atoms with Crippen molar-refractivity contribution >= 4 is 0 Å². The van der Waals surface area contributed by atoms with Gasteiger partial charge in [-0.05, 0) is 32.6 Å². The summed E-state index contributed by atoms with van der Waals surface area (Å²) in [6.45, 7) is 3.72. The van der Waals surface area contributed by atoms with E-state index >= 15 is 0 Å². The van der Waals surface area contributed by atoms with Crippen molar-refractivity contribution in [2.24, 2.45) is 0 Å². The minimum atomic E-state index is -0.597. The van der Waals surface area contributed by atoms with Gasteiger partial charge >= 0.3 is 0 Å². The minimum Gasteiger partial charge on any atom is -0.391 e. The van der Waals surface area contributed by atoms with Crippen molar-refractivity contribution in [2.45, 2.75) is 51.7 Å². The molecule has 2 unspecified atom stereocenters. The van der Waals surface area contributed by atoms with E-state index < -0.39 is 12.2 Å². The molecule has 0 aliphatic heterocycles. The number of unbranched alkanes of at least 4 members (excludes halogenated alkanes) is 1. The van der Waals surface area contributed by atoms with Crippen molar-refractivity contribution in [1.29, 1.82) is 0 Å². The summed E-state index contributed by atoms with van der Waals surface area (Å²) in [5.41, 5.74) is 0. The molecule has 0 aromatic heterocycles. The molecule has 0 heterocycles. The van der Waals surface area contributed by atoms with Crippen molar-refractivity contribution in [2.75, 3.05) is 0 Å². The van der Waals surface area contributed by atoms with E-state index in [9.17, 15) is 5.11 Å². The molecule has 0 amide bonds. The Morgan fingerprint density at radius 2 is 1.92 bits per heavy atom. The van der Waals surface area contributed by atoms with Crippen LogP contribution in [0.4, 0.5) is 0 Å². The predicted molar refractivity (Wildman–Crippen MR) is 51.0 cm³/mol. The van der Waals surface area contributed by atoms with Crippen LogP contribution in [0.3, 0.4) is 0 Å². The summed E-state index contributed by atoms with van der Waals surface area (Å²) >= 11 is 0. The van der Waals surface area contributed by atoms with E-state index in [4.69, 9.17) is 5.11 Å². The maximum atomic E-state index is 9.21. The Bertz CT molecular complexity index is 119. The summed E-state index contributed by atoms with van der Waals surface area (Å²) in [6, 6.07) is 0. The van der Waals surface area contributed by atoms with Gasteiger partial charge in [0.1, 0.15) is 0 Å². The highest BCUT2D eigenvalue weighted by Gasteiger charge is 2.08. The van der Waals surface area contributed by atoms with Gasteiger partial charge in [-0.15, -0.1) is 0 Å². The Morgan fingerprint density at radius 3 is 2.42 bits per heavy atom. The van der Waals surface area contributed by atoms with Crippen LogP contribution in [-0.2, 0) is 0 Å². The number of hydrogen-bond acceptors (Lipinski definition) is 2. The number of hydrogen-bond donors (Lipinski definition) is 2. The average Bonchev–Trinajstić information content (AvgIpc) is 2.03. The number of aliphatic hydroxyl groups excluding tert-OH is 2. The van der Waals surface area contributed by atoms with Crippen molar-refractivity contribution in [3.63, 3.8) is 0 Å². The third-order valence-corrected chi connectivity index (χ3v) is 1.83. The second kappa shape index (κ2) is 7.32. The lowest BCUT2D eigenvalue weighted by molar-refractivity contribution is 0.0252. The molecule has 0 aromatic carbocycles. The standard InChI is InChI=1S/C10H20O2/c1-3-4-5-6-7-8-10(12)9(2)11/h4-5,9-12H,3,6-8H2,1-2H3. The van der Waals surface area contributed by atoms with Crippen molar-refractivity contribution in [1.82, 2.24) is 0 Å². The van der Waals surface area contributed by atoms with Gasteiger partial charge in [0.25, 0.3) is 0 Å². The first-order valence-electron chi connectivity index (χ1n) is 4.69. The third-order valence-electron chi connectivity index (χ3n) is 1.83. The highest BCUT2D eigenvalue weighted by atomic mass is 16.3. The molecule has 0 rings (SSSR count). The molecular formula is C10H20O2. The van der Waals surface area contributed by atoms with Gasteiger partial charge in [0.05, 0.1) is 12.2 Å². The molecule has 0 radical (unpaired) electrons. The molecule has 0 saturated heterocycles. The van der Waals surface area contributed by atoms with Crippen LogP contribution < -0.4 is 0 Å². The molecule has 0 fully saturated rings. The zero-order valence-electron chi connectivity index (χ0n) is 8.03. The van der Waals surface area contributed by atoms with Gasteiger partial charge in [0.2, 0.25) is 0 Å². The van der Waals surface area contributed by atoms with Gasteiger partial charge in [0.15, 0.2) is 0 Å². The number of rotatable bonds is 6. The molecular weight excluding hydrogens is 152 g/mol. The van der Waals surface area contributed by atoms with Crippen LogP contribution in [0.15, 0.2) is 12.2 Å². The summed E-state index contributed by atoms with van der Waals surface area (Å²) < 4.78 is 0. The summed E-state index contributed by atoms with van der Waals surface area (Å²) in [5, 5.41) is 18.2. The summed E-state index contributed by atoms with van der Waals surface area (Å²) in [6.07, 6.45) is 6.79. The maximum Gasteiger partial charge on any atom is 0.0796 e. The van der Waals surface area contributed by atoms with E-state index in [1.54, 1.807) is 6.92 Å². The molecule has 72 valence electrons. The van der Waals surface area contributed by atoms with Crippen LogP contribution in [0.2, 0.25) is 0 Å². The second-order valence-corrected chi connectivity index (χ2v) is 3.12. The van der Waals surface area contributed by atoms with E-state index in [-0.39, 0.29) is 0 Å². The summed E-state index contributed by atoms with van der Waals surface area (Å²) in [5.74, 6) is 0. The van der Waals surface area contributed by atoms with Crippen molar-refractivity contribution in [3.8, 4) is 0 Å². The van der Waals surface area contributed by atoms with Crippen LogP contribution in [-0.4, -0.2) is 22.4 Å². The van der Waals surface area contributed by atoms with Gasteiger partial charge < -0.3 is 10.2 Å². The van der Waals surface area contributed by atoms with E-state index in [2.05, 4.69) is 19.1 Å². The lowest BCUT2D eigenvalue weighted by Crippen LogP contribution is -2.21. The summed E-state index contributed by atoms with van der Waals surface area (Å²) in [7, 11) is 0. The molecule has 0 aliphatic rings. The minimum absolute atomic E-state index is 0.556. The van der Waals surface area contributed by atoms with Crippen molar-refractivity contribution in [3.05, 3.63) is 12.2 Å². The Hall–Kier alpha value is -0.340. The SMILES string of the molecule is CCC=CCCCC(O)C(C)O. The van der Waals surface area contributed by atoms with Crippen LogP contribution in [0.5, 0.6) is 0 Å². The second-order valence-electron chi connectivity index (χ2n) is 3.12. The van der Waals surface area contributed by atoms with Crippen LogP contribution in [0, 0.1) is 0 Å². The first-order chi connectivity index (χ1) is 5.68. The highest BCUT2D eigenvalue weighted by Crippen LogP contribution is 2.05. The molecule has 0 spiro atoms. The monoisotopic (exact) mass is 172 g/mol. The predicted octanol–water partition coefficient (Wildman–Crippen LogP) is 1.86. The zero-order valence-corrected chi connectivity index (χ0v) is 8.03. The molecule has 0 aliphatic carbocycles. The third kappa shape index (κ3) is 6.38. The Balaban J connectivity index is 3.25. The summed E-state index contributed by atoms with van der Waals surface area (Å²) in [4.78, 5) is 0.